The highest BCUT2D eigenvalue weighted by Gasteiger charge is 2.26. The zero-order valence-electron chi connectivity index (χ0n) is 9.78. The summed E-state index contributed by atoms with van der Waals surface area (Å²) in [6.07, 6.45) is 1.72. The fourth-order valence-electron chi connectivity index (χ4n) is 2.32. The average molecular weight is 249 g/mol. The lowest BCUT2D eigenvalue weighted by molar-refractivity contribution is -0.135. The number of amides is 1. The van der Waals surface area contributed by atoms with Crippen molar-refractivity contribution in [2.24, 2.45) is 5.92 Å². The Morgan fingerprint density at radius 1 is 1.56 bits per heavy atom. The third-order valence-corrected chi connectivity index (χ3v) is 3.31. The molecule has 2 fully saturated rings. The predicted octanol–water partition coefficient (Wildman–Crippen LogP) is 0.655. The molecule has 1 amide bonds. The summed E-state index contributed by atoms with van der Waals surface area (Å²) in [7, 11) is 0. The molecular formula is C11H21ClN2O2. The van der Waals surface area contributed by atoms with Crippen molar-refractivity contribution < 1.29 is 9.53 Å². The zero-order valence-corrected chi connectivity index (χ0v) is 10.6. The van der Waals surface area contributed by atoms with E-state index in [1.807, 2.05) is 4.90 Å². The van der Waals surface area contributed by atoms with Gasteiger partial charge in [-0.05, 0) is 19.3 Å². The van der Waals surface area contributed by atoms with Gasteiger partial charge < -0.3 is 15.0 Å². The number of ether oxygens (including phenoxy) is 1. The van der Waals surface area contributed by atoms with Gasteiger partial charge in [-0.1, -0.05) is 0 Å². The van der Waals surface area contributed by atoms with Gasteiger partial charge in [-0.3, -0.25) is 4.79 Å². The molecule has 5 heteroatoms. The number of hydrogen-bond acceptors (Lipinski definition) is 3. The van der Waals surface area contributed by atoms with Gasteiger partial charge >= 0.3 is 0 Å². The van der Waals surface area contributed by atoms with Crippen molar-refractivity contribution in [3.63, 3.8) is 0 Å². The Kier molecular flexibility index (Phi) is 5.52. The average Bonchev–Trinajstić information content (AvgIpc) is 2.71. The molecule has 1 N–H and O–H groups in total. The van der Waals surface area contributed by atoms with Crippen LogP contribution in [-0.2, 0) is 9.53 Å². The second-order valence-electron chi connectivity index (χ2n) is 4.57. The van der Waals surface area contributed by atoms with E-state index < -0.39 is 0 Å². The lowest BCUT2D eigenvalue weighted by Gasteiger charge is -2.34. The van der Waals surface area contributed by atoms with E-state index in [-0.39, 0.29) is 12.4 Å². The summed E-state index contributed by atoms with van der Waals surface area (Å²) >= 11 is 0. The van der Waals surface area contributed by atoms with Crippen LogP contribution in [0.1, 0.15) is 19.8 Å². The van der Waals surface area contributed by atoms with E-state index in [1.54, 1.807) is 0 Å². The molecule has 0 saturated carbocycles. The van der Waals surface area contributed by atoms with Crippen molar-refractivity contribution in [3.8, 4) is 0 Å². The van der Waals surface area contributed by atoms with Gasteiger partial charge in [0, 0.05) is 45.3 Å². The van der Waals surface area contributed by atoms with Crippen LogP contribution in [0.2, 0.25) is 0 Å². The van der Waals surface area contributed by atoms with Crippen molar-refractivity contribution >= 4 is 18.3 Å². The maximum absolute atomic E-state index is 12.0. The van der Waals surface area contributed by atoms with Gasteiger partial charge in [0.25, 0.3) is 0 Å². The normalized spacial score (nSPS) is 29.9. The molecule has 16 heavy (non-hydrogen) atoms. The van der Waals surface area contributed by atoms with Crippen LogP contribution in [0, 0.1) is 5.92 Å². The summed E-state index contributed by atoms with van der Waals surface area (Å²) in [5, 5.41) is 3.29. The van der Waals surface area contributed by atoms with Crippen LogP contribution in [0.25, 0.3) is 0 Å². The number of rotatable bonds is 2. The molecular weight excluding hydrogens is 228 g/mol. The highest BCUT2D eigenvalue weighted by Crippen LogP contribution is 2.18. The number of halogens is 1. The largest absolute Gasteiger partial charge is 0.381 e. The topological polar surface area (TPSA) is 41.6 Å². The second-order valence-corrected chi connectivity index (χ2v) is 4.57. The molecule has 0 bridgehead atoms. The zero-order chi connectivity index (χ0) is 10.7. The summed E-state index contributed by atoms with van der Waals surface area (Å²) < 4.78 is 5.29. The number of nitrogens with zero attached hydrogens (tertiary/aromatic N) is 1. The first kappa shape index (κ1) is 13.7. The summed E-state index contributed by atoms with van der Waals surface area (Å²) in [4.78, 5) is 14.0. The quantitative estimate of drug-likeness (QED) is 0.781. The summed E-state index contributed by atoms with van der Waals surface area (Å²) in [6, 6.07) is 0.341. The Balaban J connectivity index is 0.00000128. The number of hydrogen-bond donors (Lipinski definition) is 1. The van der Waals surface area contributed by atoms with Gasteiger partial charge in [0.15, 0.2) is 0 Å². The van der Waals surface area contributed by atoms with Crippen molar-refractivity contribution in [2.75, 3.05) is 32.8 Å². The molecule has 0 aromatic rings. The lowest BCUT2D eigenvalue weighted by Crippen LogP contribution is -2.52. The lowest BCUT2D eigenvalue weighted by atomic mass is 10.0. The van der Waals surface area contributed by atoms with Gasteiger partial charge in [0.05, 0.1) is 0 Å². The van der Waals surface area contributed by atoms with E-state index in [0.29, 0.717) is 24.3 Å². The molecule has 1 unspecified atom stereocenters. The van der Waals surface area contributed by atoms with Gasteiger partial charge in [0.1, 0.15) is 0 Å². The molecule has 2 heterocycles. The van der Waals surface area contributed by atoms with E-state index in [0.717, 1.165) is 39.3 Å². The summed E-state index contributed by atoms with van der Waals surface area (Å²) in [5.74, 6) is 0.763. The number of piperazine rings is 1. The van der Waals surface area contributed by atoms with Crippen LogP contribution in [0.4, 0.5) is 0 Å². The second kappa shape index (κ2) is 6.42. The maximum Gasteiger partial charge on any atom is 0.223 e. The van der Waals surface area contributed by atoms with Crippen molar-refractivity contribution in [3.05, 3.63) is 0 Å². The van der Waals surface area contributed by atoms with E-state index in [2.05, 4.69) is 12.2 Å². The molecule has 0 aromatic heterocycles. The van der Waals surface area contributed by atoms with Gasteiger partial charge in [-0.25, -0.2) is 0 Å². The van der Waals surface area contributed by atoms with Crippen molar-refractivity contribution in [1.29, 1.82) is 0 Å². The Bertz CT molecular complexity index is 232. The molecule has 0 aliphatic carbocycles. The third-order valence-electron chi connectivity index (χ3n) is 3.31. The standard InChI is InChI=1S/C11H20N2O2.ClH/c1-9-7-12-3-4-13(9)11(14)6-10-2-5-15-8-10;/h9-10,12H,2-8H2,1H3;1H/t9-,10?;/m1./s1. The molecule has 2 aliphatic heterocycles. The molecule has 2 saturated heterocycles. The molecule has 0 radical (unpaired) electrons. The van der Waals surface area contributed by atoms with Crippen LogP contribution >= 0.6 is 12.4 Å². The minimum atomic E-state index is 0. The van der Waals surface area contributed by atoms with Crippen LogP contribution in [-0.4, -0.2) is 49.7 Å². The van der Waals surface area contributed by atoms with Gasteiger partial charge in [-0.15, -0.1) is 12.4 Å². The fourth-order valence-corrected chi connectivity index (χ4v) is 2.32. The van der Waals surface area contributed by atoms with Gasteiger partial charge in [0.2, 0.25) is 5.91 Å². The highest BCUT2D eigenvalue weighted by molar-refractivity contribution is 5.85. The van der Waals surface area contributed by atoms with Gasteiger partial charge in [-0.2, -0.15) is 0 Å². The number of carbonyl (C=O) groups excluding carboxylic acids is 1. The molecule has 2 atom stereocenters. The monoisotopic (exact) mass is 248 g/mol. The molecule has 0 aromatic carbocycles. The first-order valence-corrected chi connectivity index (χ1v) is 5.85. The van der Waals surface area contributed by atoms with Crippen LogP contribution in [0.5, 0.6) is 0 Å². The molecule has 2 aliphatic rings. The van der Waals surface area contributed by atoms with E-state index in [9.17, 15) is 4.79 Å². The first-order valence-electron chi connectivity index (χ1n) is 5.85. The van der Waals surface area contributed by atoms with E-state index in [4.69, 9.17) is 4.74 Å². The summed E-state index contributed by atoms with van der Waals surface area (Å²) in [6.45, 7) is 6.41. The van der Waals surface area contributed by atoms with Crippen molar-refractivity contribution in [2.45, 2.75) is 25.8 Å². The molecule has 94 valence electrons. The minimum Gasteiger partial charge on any atom is -0.381 e. The number of carbonyl (C=O) groups is 1. The van der Waals surface area contributed by atoms with Crippen molar-refractivity contribution in [1.82, 2.24) is 10.2 Å². The summed E-state index contributed by atoms with van der Waals surface area (Å²) in [5.41, 5.74) is 0. The van der Waals surface area contributed by atoms with Crippen LogP contribution < -0.4 is 5.32 Å². The molecule has 0 spiro atoms. The van der Waals surface area contributed by atoms with Crippen LogP contribution in [0.15, 0.2) is 0 Å². The maximum atomic E-state index is 12.0. The van der Waals surface area contributed by atoms with E-state index >= 15 is 0 Å². The Morgan fingerprint density at radius 3 is 3.00 bits per heavy atom. The fraction of sp³-hybridized carbons (Fsp3) is 0.909. The molecule has 4 nitrogen and oxygen atoms in total. The Morgan fingerprint density at radius 2 is 2.38 bits per heavy atom. The third kappa shape index (κ3) is 3.34. The Hall–Kier alpha value is -0.320. The Labute approximate surface area is 103 Å². The van der Waals surface area contributed by atoms with Crippen LogP contribution in [0.3, 0.4) is 0 Å². The highest BCUT2D eigenvalue weighted by atomic mass is 35.5. The predicted molar refractivity (Wildman–Crippen MR) is 64.8 cm³/mol. The molecule has 2 rings (SSSR count). The minimum absolute atomic E-state index is 0. The SMILES string of the molecule is C[C@@H]1CNCCN1C(=O)CC1CCOC1.Cl. The number of nitrogens with one attached hydrogen (secondary N) is 1. The first-order chi connectivity index (χ1) is 7.27. The smallest absolute Gasteiger partial charge is 0.223 e. The van der Waals surface area contributed by atoms with E-state index in [1.165, 1.54) is 0 Å².